The first-order valence-electron chi connectivity index (χ1n) is 12.6. The molecule has 0 aliphatic carbocycles. The van der Waals surface area contributed by atoms with Crippen LogP contribution in [0.25, 0.3) is 0 Å². The van der Waals surface area contributed by atoms with Crippen LogP contribution in [0.2, 0.25) is 0 Å². The Morgan fingerprint density at radius 1 is 1.31 bits per heavy atom. The van der Waals surface area contributed by atoms with Gasteiger partial charge in [0, 0.05) is 51.8 Å². The molecule has 4 N–H and O–H groups in total. The Morgan fingerprint density at radius 3 is 2.59 bits per heavy atom. The van der Waals surface area contributed by atoms with E-state index in [4.69, 9.17) is 0 Å². The number of carbonyl (C=O) groups excluding carboxylic acids is 2. The number of nitrogens with zero attached hydrogens (tertiary/aromatic N) is 3. The summed E-state index contributed by atoms with van der Waals surface area (Å²) < 4.78 is 25.3. The quantitative estimate of drug-likeness (QED) is 0.310. The smallest absolute Gasteiger partial charge is 0.251 e. The second-order valence-electron chi connectivity index (χ2n) is 9.88. The van der Waals surface area contributed by atoms with Gasteiger partial charge in [-0.1, -0.05) is 37.3 Å². The van der Waals surface area contributed by atoms with Crippen LogP contribution in [0.15, 0.2) is 42.5 Å². The van der Waals surface area contributed by atoms with Gasteiger partial charge in [0.2, 0.25) is 15.9 Å². The molecule has 1 aliphatic heterocycles. The number of rotatable bonds is 11. The van der Waals surface area contributed by atoms with Gasteiger partial charge in [-0.25, -0.2) is 13.4 Å². The number of aliphatic hydroxyl groups is 1. The Labute approximate surface area is 236 Å². The first-order valence-corrected chi connectivity index (χ1v) is 14.4. The highest BCUT2D eigenvalue weighted by Gasteiger charge is 2.44. The van der Waals surface area contributed by atoms with Gasteiger partial charge in [0.1, 0.15) is 23.3 Å². The van der Waals surface area contributed by atoms with Crippen molar-refractivity contribution in [2.24, 2.45) is 0 Å². The Kier molecular flexibility index (Phi) is 11.1. The molecule has 11 nitrogen and oxygen atoms in total. The van der Waals surface area contributed by atoms with E-state index in [1.54, 1.807) is 11.9 Å². The first kappa shape index (κ1) is 32.3. The molecule has 2 unspecified atom stereocenters. The topological polar surface area (TPSA) is 144 Å². The number of carbonyl (C=O) groups is 2. The zero-order valence-electron chi connectivity index (χ0n) is 23.0. The van der Waals surface area contributed by atoms with Gasteiger partial charge in [0.25, 0.3) is 5.91 Å². The number of anilines is 2. The maximum Gasteiger partial charge on any atom is 0.251 e. The first-order chi connectivity index (χ1) is 17.8. The SMILES string of the molecule is CCC(C)Nc1cc(C(=O)NC[C@](O)(Cc2ccccc2)C2NCCN(C)C2=O)cc(N(C)S(C)(=O)=O)n1.Cl. The lowest BCUT2D eigenvalue weighted by Gasteiger charge is -2.41. The maximum atomic E-state index is 13.3. The third-order valence-electron chi connectivity index (χ3n) is 6.77. The van der Waals surface area contributed by atoms with Crippen LogP contribution in [0.4, 0.5) is 11.6 Å². The van der Waals surface area contributed by atoms with Crippen molar-refractivity contribution < 1.29 is 23.1 Å². The molecule has 2 aromatic rings. The van der Waals surface area contributed by atoms with E-state index in [-0.39, 0.29) is 48.7 Å². The number of hydrogen-bond donors (Lipinski definition) is 4. The number of benzene rings is 1. The average molecular weight is 583 g/mol. The highest BCUT2D eigenvalue weighted by Crippen LogP contribution is 2.23. The highest BCUT2D eigenvalue weighted by atomic mass is 35.5. The molecule has 0 radical (unpaired) electrons. The standard InChI is InChI=1S/C26H38N6O5S.ClH/c1-6-18(2)29-21-14-20(15-22(30-21)32(4)38(5,36)37)24(33)28-17-26(35,16-19-10-8-7-9-11-19)23-25(34)31(3)13-12-27-23;/h7-11,14-15,18,23,27,35H,6,12-13,16-17H2,1-5H3,(H,28,33)(H,29,30);1H/t18?,23?,26-;/m1./s1. The Bertz CT molecular complexity index is 1250. The van der Waals surface area contributed by atoms with E-state index in [1.807, 2.05) is 44.2 Å². The van der Waals surface area contributed by atoms with Crippen LogP contribution in [-0.4, -0.2) is 92.9 Å². The molecule has 0 saturated carbocycles. The molecule has 1 aromatic heterocycles. The normalized spacial score (nSPS) is 17.9. The fraction of sp³-hybridized carbons (Fsp3) is 0.500. The summed E-state index contributed by atoms with van der Waals surface area (Å²) in [6.07, 6.45) is 1.97. The predicted octanol–water partition coefficient (Wildman–Crippen LogP) is 1.24. The zero-order valence-corrected chi connectivity index (χ0v) is 24.6. The number of piperazine rings is 1. The van der Waals surface area contributed by atoms with Crippen LogP contribution < -0.4 is 20.3 Å². The van der Waals surface area contributed by atoms with Crippen molar-refractivity contribution in [3.05, 3.63) is 53.6 Å². The van der Waals surface area contributed by atoms with Gasteiger partial charge in [0.05, 0.1) is 6.26 Å². The van der Waals surface area contributed by atoms with E-state index < -0.39 is 27.6 Å². The monoisotopic (exact) mass is 582 g/mol. The van der Waals surface area contributed by atoms with Crippen LogP contribution in [0.3, 0.4) is 0 Å². The van der Waals surface area contributed by atoms with Crippen molar-refractivity contribution in [3.63, 3.8) is 0 Å². The van der Waals surface area contributed by atoms with Crippen LogP contribution in [0.1, 0.15) is 36.2 Å². The van der Waals surface area contributed by atoms with Gasteiger partial charge in [-0.3, -0.25) is 13.9 Å². The molecule has 3 rings (SSSR count). The Morgan fingerprint density at radius 2 is 1.97 bits per heavy atom. The number of amides is 2. The van der Waals surface area contributed by atoms with Gasteiger partial charge in [-0.05, 0) is 31.0 Å². The van der Waals surface area contributed by atoms with Crippen molar-refractivity contribution >= 4 is 45.9 Å². The average Bonchev–Trinajstić information content (AvgIpc) is 2.88. The molecule has 1 saturated heterocycles. The third kappa shape index (κ3) is 8.28. The fourth-order valence-corrected chi connectivity index (χ4v) is 4.61. The minimum absolute atomic E-state index is 0. The second-order valence-corrected chi connectivity index (χ2v) is 11.9. The molecule has 0 bridgehead atoms. The third-order valence-corrected chi connectivity index (χ3v) is 7.95. The van der Waals surface area contributed by atoms with Crippen molar-refractivity contribution in [1.29, 1.82) is 0 Å². The summed E-state index contributed by atoms with van der Waals surface area (Å²) in [7, 11) is -0.580. The summed E-state index contributed by atoms with van der Waals surface area (Å²) >= 11 is 0. The molecule has 39 heavy (non-hydrogen) atoms. The summed E-state index contributed by atoms with van der Waals surface area (Å²) in [6.45, 7) is 4.75. The number of hydrogen-bond acceptors (Lipinski definition) is 8. The number of sulfonamides is 1. The fourth-order valence-electron chi connectivity index (χ4n) is 4.17. The Hall–Kier alpha value is -2.93. The minimum atomic E-state index is -3.62. The summed E-state index contributed by atoms with van der Waals surface area (Å²) in [5.74, 6) is -0.366. The van der Waals surface area contributed by atoms with Crippen LogP contribution in [-0.2, 0) is 21.2 Å². The molecule has 2 amide bonds. The Balaban J connectivity index is 0.00000533. The second kappa shape index (κ2) is 13.4. The number of aromatic nitrogens is 1. The van der Waals surface area contributed by atoms with E-state index in [0.29, 0.717) is 18.9 Å². The number of halogens is 1. The minimum Gasteiger partial charge on any atom is -0.385 e. The molecular weight excluding hydrogens is 544 g/mol. The van der Waals surface area contributed by atoms with E-state index in [2.05, 4.69) is 20.9 Å². The van der Waals surface area contributed by atoms with E-state index in [9.17, 15) is 23.1 Å². The lowest BCUT2D eigenvalue weighted by molar-refractivity contribution is -0.142. The molecule has 1 fully saturated rings. The zero-order chi connectivity index (χ0) is 28.1. The van der Waals surface area contributed by atoms with E-state index in [1.165, 1.54) is 19.2 Å². The molecule has 2 heterocycles. The summed E-state index contributed by atoms with van der Waals surface area (Å²) in [6, 6.07) is 11.3. The van der Waals surface area contributed by atoms with E-state index >= 15 is 0 Å². The van der Waals surface area contributed by atoms with Crippen LogP contribution in [0.5, 0.6) is 0 Å². The van der Waals surface area contributed by atoms with Gasteiger partial charge < -0.3 is 26.0 Å². The predicted molar refractivity (Wildman–Crippen MR) is 155 cm³/mol. The molecule has 216 valence electrons. The number of pyridine rings is 1. The van der Waals surface area contributed by atoms with Crippen molar-refractivity contribution in [1.82, 2.24) is 20.5 Å². The van der Waals surface area contributed by atoms with Crippen LogP contribution in [0, 0.1) is 0 Å². The lowest BCUT2D eigenvalue weighted by atomic mass is 9.85. The summed E-state index contributed by atoms with van der Waals surface area (Å²) in [4.78, 5) is 32.3. The summed E-state index contributed by atoms with van der Waals surface area (Å²) in [5.41, 5.74) is -0.647. The largest absolute Gasteiger partial charge is 0.385 e. The molecular formula is C26H39ClN6O5S. The van der Waals surface area contributed by atoms with Crippen molar-refractivity contribution in [2.45, 2.75) is 44.4 Å². The lowest BCUT2D eigenvalue weighted by Crippen LogP contribution is -2.67. The maximum absolute atomic E-state index is 13.3. The number of likely N-dealkylation sites (N-methyl/N-ethyl adjacent to an activating group) is 1. The molecule has 13 heteroatoms. The number of nitrogens with one attached hydrogen (secondary N) is 3. The van der Waals surface area contributed by atoms with E-state index in [0.717, 1.165) is 22.5 Å². The molecule has 0 spiro atoms. The summed E-state index contributed by atoms with van der Waals surface area (Å²) in [5, 5.41) is 20.9. The van der Waals surface area contributed by atoms with Gasteiger partial charge in [-0.15, -0.1) is 12.4 Å². The molecule has 3 atom stereocenters. The molecule has 1 aliphatic rings. The molecule has 1 aromatic carbocycles. The van der Waals surface area contributed by atoms with Gasteiger partial charge >= 0.3 is 0 Å². The van der Waals surface area contributed by atoms with Gasteiger partial charge in [-0.2, -0.15) is 0 Å². The van der Waals surface area contributed by atoms with Gasteiger partial charge in [0.15, 0.2) is 0 Å². The highest BCUT2D eigenvalue weighted by molar-refractivity contribution is 7.92. The van der Waals surface area contributed by atoms with Crippen molar-refractivity contribution in [2.75, 3.05) is 49.6 Å². The van der Waals surface area contributed by atoms with Crippen molar-refractivity contribution in [3.8, 4) is 0 Å². The van der Waals surface area contributed by atoms with Crippen LogP contribution >= 0.6 is 12.4 Å².